The lowest BCUT2D eigenvalue weighted by atomic mass is 10.1. The van der Waals surface area contributed by atoms with Crippen LogP contribution in [-0.4, -0.2) is 25.7 Å². The second kappa shape index (κ2) is 6.98. The maximum absolute atomic E-state index is 12.5. The number of amides is 1. The number of carbonyl (C=O) groups excluding carboxylic acids is 1. The summed E-state index contributed by atoms with van der Waals surface area (Å²) in [5.74, 6) is 0.223. The van der Waals surface area contributed by atoms with Gasteiger partial charge in [0, 0.05) is 24.0 Å². The van der Waals surface area contributed by atoms with Crippen LogP contribution in [0.2, 0.25) is 0 Å². The van der Waals surface area contributed by atoms with Crippen LogP contribution in [-0.2, 0) is 0 Å². The predicted molar refractivity (Wildman–Crippen MR) is 99.0 cm³/mol. The first kappa shape index (κ1) is 15.7. The van der Waals surface area contributed by atoms with Crippen LogP contribution in [0.3, 0.4) is 0 Å². The Labute approximate surface area is 150 Å². The summed E-state index contributed by atoms with van der Waals surface area (Å²) in [6.07, 6.45) is 4.44. The third-order valence-corrected chi connectivity index (χ3v) is 3.82. The van der Waals surface area contributed by atoms with E-state index in [1.807, 2.05) is 66.7 Å². The summed E-state index contributed by atoms with van der Waals surface area (Å²) < 4.78 is 1.70. The molecule has 6 heteroatoms. The van der Waals surface area contributed by atoms with E-state index in [2.05, 4.69) is 20.4 Å². The Morgan fingerprint density at radius 3 is 2.35 bits per heavy atom. The van der Waals surface area contributed by atoms with Crippen molar-refractivity contribution in [3.8, 4) is 16.9 Å². The Hall–Kier alpha value is -3.80. The molecule has 0 fully saturated rings. The maximum atomic E-state index is 12.5. The number of hydrogen-bond acceptors (Lipinski definition) is 4. The zero-order valence-electron chi connectivity index (χ0n) is 13.8. The molecule has 126 valence electrons. The molecule has 4 aromatic rings. The van der Waals surface area contributed by atoms with Gasteiger partial charge in [-0.05, 0) is 12.1 Å². The van der Waals surface area contributed by atoms with Crippen molar-refractivity contribution < 1.29 is 4.79 Å². The van der Waals surface area contributed by atoms with Gasteiger partial charge in [0.15, 0.2) is 0 Å². The van der Waals surface area contributed by atoms with Gasteiger partial charge < -0.3 is 5.32 Å². The highest BCUT2D eigenvalue weighted by Crippen LogP contribution is 2.24. The highest BCUT2D eigenvalue weighted by molar-refractivity contribution is 6.02. The number of carbonyl (C=O) groups is 1. The molecule has 0 aliphatic carbocycles. The third-order valence-electron chi connectivity index (χ3n) is 3.82. The van der Waals surface area contributed by atoms with Crippen LogP contribution in [0.1, 0.15) is 10.5 Å². The molecule has 2 heterocycles. The molecule has 2 aromatic carbocycles. The largest absolute Gasteiger partial charge is 0.305 e. The van der Waals surface area contributed by atoms with Gasteiger partial charge in [0.1, 0.15) is 11.5 Å². The van der Waals surface area contributed by atoms with Crippen LogP contribution < -0.4 is 5.32 Å². The van der Waals surface area contributed by atoms with Crippen LogP contribution in [0.15, 0.2) is 85.3 Å². The van der Waals surface area contributed by atoms with Crippen molar-refractivity contribution in [2.45, 2.75) is 0 Å². The molecule has 26 heavy (non-hydrogen) atoms. The van der Waals surface area contributed by atoms with Crippen LogP contribution in [0, 0.1) is 0 Å². The summed E-state index contributed by atoms with van der Waals surface area (Å²) in [7, 11) is 0. The Balaban J connectivity index is 1.75. The quantitative estimate of drug-likeness (QED) is 0.616. The Kier molecular flexibility index (Phi) is 4.22. The van der Waals surface area contributed by atoms with Crippen molar-refractivity contribution in [2.75, 3.05) is 5.32 Å². The number of benzene rings is 2. The minimum absolute atomic E-state index is 0.245. The van der Waals surface area contributed by atoms with E-state index >= 15 is 0 Å². The number of rotatable bonds is 4. The van der Waals surface area contributed by atoms with E-state index < -0.39 is 0 Å². The second-order valence-corrected chi connectivity index (χ2v) is 5.57. The zero-order chi connectivity index (χ0) is 17.8. The number of anilines is 1. The van der Waals surface area contributed by atoms with Crippen LogP contribution in [0.25, 0.3) is 16.9 Å². The fraction of sp³-hybridized carbons (Fsp3) is 0. The van der Waals surface area contributed by atoms with Gasteiger partial charge in [-0.15, -0.1) is 0 Å². The average Bonchev–Trinajstić information content (AvgIpc) is 3.14. The van der Waals surface area contributed by atoms with Gasteiger partial charge in [-0.2, -0.15) is 5.10 Å². The van der Waals surface area contributed by atoms with E-state index in [1.165, 1.54) is 18.6 Å². The molecule has 0 spiro atoms. The molecule has 4 rings (SSSR count). The SMILES string of the molecule is O=C(Nc1cc(-c2ccccc2)nn1-c1ccccc1)c1cnccn1. The number of hydrogen-bond donors (Lipinski definition) is 1. The first-order valence-electron chi connectivity index (χ1n) is 8.09. The summed E-state index contributed by atoms with van der Waals surface area (Å²) in [6, 6.07) is 21.3. The Morgan fingerprint density at radius 1 is 0.923 bits per heavy atom. The molecular formula is C20H15N5O. The lowest BCUT2D eigenvalue weighted by molar-refractivity contribution is 0.102. The van der Waals surface area contributed by atoms with E-state index in [0.717, 1.165) is 16.9 Å². The summed E-state index contributed by atoms with van der Waals surface area (Å²) in [5.41, 5.74) is 2.83. The normalized spacial score (nSPS) is 10.5. The molecule has 0 unspecified atom stereocenters. The van der Waals surface area contributed by atoms with Gasteiger partial charge in [-0.3, -0.25) is 9.78 Å². The molecule has 2 aromatic heterocycles. The van der Waals surface area contributed by atoms with E-state index in [9.17, 15) is 4.79 Å². The van der Waals surface area contributed by atoms with E-state index in [-0.39, 0.29) is 11.6 Å². The van der Waals surface area contributed by atoms with Crippen molar-refractivity contribution in [3.05, 3.63) is 91.0 Å². The molecule has 0 bridgehead atoms. The van der Waals surface area contributed by atoms with Crippen molar-refractivity contribution in [1.82, 2.24) is 19.7 Å². The first-order chi connectivity index (χ1) is 12.8. The van der Waals surface area contributed by atoms with E-state index in [4.69, 9.17) is 0 Å². The van der Waals surface area contributed by atoms with Gasteiger partial charge in [0.05, 0.1) is 17.6 Å². The molecule has 6 nitrogen and oxygen atoms in total. The molecule has 0 saturated carbocycles. The molecule has 0 radical (unpaired) electrons. The fourth-order valence-electron chi connectivity index (χ4n) is 2.58. The van der Waals surface area contributed by atoms with Crippen molar-refractivity contribution in [2.24, 2.45) is 0 Å². The van der Waals surface area contributed by atoms with Gasteiger partial charge in [0.25, 0.3) is 5.91 Å². The van der Waals surface area contributed by atoms with Gasteiger partial charge in [-0.1, -0.05) is 48.5 Å². The number of nitrogens with one attached hydrogen (secondary N) is 1. The zero-order valence-corrected chi connectivity index (χ0v) is 13.8. The number of para-hydroxylation sites is 1. The highest BCUT2D eigenvalue weighted by Gasteiger charge is 2.15. The third kappa shape index (κ3) is 3.21. The summed E-state index contributed by atoms with van der Waals surface area (Å²) in [6.45, 7) is 0. The van der Waals surface area contributed by atoms with Crippen LogP contribution >= 0.6 is 0 Å². The molecule has 1 N–H and O–H groups in total. The first-order valence-corrected chi connectivity index (χ1v) is 8.09. The fourth-order valence-corrected chi connectivity index (χ4v) is 2.58. The lowest BCUT2D eigenvalue weighted by Gasteiger charge is -2.08. The Bertz CT molecular complexity index is 1010. The van der Waals surface area contributed by atoms with Crippen LogP contribution in [0.4, 0.5) is 5.82 Å². The summed E-state index contributed by atoms with van der Waals surface area (Å²) in [5, 5.41) is 7.54. The van der Waals surface area contributed by atoms with Crippen LogP contribution in [0.5, 0.6) is 0 Å². The second-order valence-electron chi connectivity index (χ2n) is 5.57. The minimum atomic E-state index is -0.338. The standard InChI is InChI=1S/C20H15N5O/c26-20(18-14-21-11-12-22-18)23-19-13-17(15-7-3-1-4-8-15)24-25(19)16-9-5-2-6-10-16/h1-14H,(H,23,26). The van der Waals surface area contributed by atoms with E-state index in [1.54, 1.807) is 4.68 Å². The van der Waals surface area contributed by atoms with Crippen molar-refractivity contribution >= 4 is 11.7 Å². The number of nitrogens with zero attached hydrogens (tertiary/aromatic N) is 4. The summed E-state index contributed by atoms with van der Waals surface area (Å²) in [4.78, 5) is 20.5. The average molecular weight is 341 g/mol. The molecule has 0 aliphatic heterocycles. The van der Waals surface area contributed by atoms with Gasteiger partial charge >= 0.3 is 0 Å². The molecule has 0 aliphatic rings. The lowest BCUT2D eigenvalue weighted by Crippen LogP contribution is -2.16. The monoisotopic (exact) mass is 341 g/mol. The molecular weight excluding hydrogens is 326 g/mol. The molecule has 1 amide bonds. The summed E-state index contributed by atoms with van der Waals surface area (Å²) >= 11 is 0. The van der Waals surface area contributed by atoms with Gasteiger partial charge in [-0.25, -0.2) is 9.67 Å². The topological polar surface area (TPSA) is 72.7 Å². The smallest absolute Gasteiger partial charge is 0.277 e. The van der Waals surface area contributed by atoms with E-state index in [0.29, 0.717) is 5.82 Å². The number of aromatic nitrogens is 4. The van der Waals surface area contributed by atoms with Crippen molar-refractivity contribution in [3.63, 3.8) is 0 Å². The maximum Gasteiger partial charge on any atom is 0.277 e. The Morgan fingerprint density at radius 2 is 1.65 bits per heavy atom. The van der Waals surface area contributed by atoms with Crippen molar-refractivity contribution in [1.29, 1.82) is 0 Å². The minimum Gasteiger partial charge on any atom is -0.305 e. The highest BCUT2D eigenvalue weighted by atomic mass is 16.2. The van der Waals surface area contributed by atoms with Gasteiger partial charge in [0.2, 0.25) is 0 Å². The molecule has 0 saturated heterocycles. The molecule has 0 atom stereocenters. The predicted octanol–water partition coefficient (Wildman–Crippen LogP) is 3.58.